The molecule has 1 heterocycles. The molecule has 1 saturated heterocycles. The molecule has 0 spiro atoms. The molecule has 1 aliphatic heterocycles. The first kappa shape index (κ1) is 15.2. The van der Waals surface area contributed by atoms with Gasteiger partial charge in [-0.3, -0.25) is 14.5 Å². The summed E-state index contributed by atoms with van der Waals surface area (Å²) < 4.78 is 0. The fourth-order valence-electron chi connectivity index (χ4n) is 2.31. The molecule has 4 nitrogen and oxygen atoms in total. The van der Waals surface area contributed by atoms with Gasteiger partial charge in [-0.05, 0) is 32.7 Å². The van der Waals surface area contributed by atoms with Crippen molar-refractivity contribution in [3.8, 4) is 0 Å². The van der Waals surface area contributed by atoms with Crippen molar-refractivity contribution < 1.29 is 9.59 Å². The number of nitrogens with zero attached hydrogens (tertiary/aromatic N) is 1. The Bertz CT molecular complexity index is 300. The van der Waals surface area contributed by atoms with Gasteiger partial charge in [-0.1, -0.05) is 26.7 Å². The molecule has 1 atom stereocenters. The molecule has 18 heavy (non-hydrogen) atoms. The third-order valence-corrected chi connectivity index (χ3v) is 3.30. The summed E-state index contributed by atoms with van der Waals surface area (Å²) in [5.74, 6) is 0.629. The summed E-state index contributed by atoms with van der Waals surface area (Å²) in [5.41, 5.74) is 0. The topological polar surface area (TPSA) is 49.4 Å². The molecule has 1 fully saturated rings. The Labute approximate surface area is 110 Å². The minimum absolute atomic E-state index is 0.0299. The van der Waals surface area contributed by atoms with Crippen LogP contribution in [0, 0.1) is 5.92 Å². The maximum Gasteiger partial charge on any atom is 0.247 e. The van der Waals surface area contributed by atoms with Crippen molar-refractivity contribution in [2.24, 2.45) is 5.92 Å². The predicted molar refractivity (Wildman–Crippen MR) is 72.1 cm³/mol. The number of unbranched alkanes of at least 4 members (excludes halogenated alkanes) is 1. The van der Waals surface area contributed by atoms with E-state index in [-0.39, 0.29) is 23.9 Å². The third-order valence-electron chi connectivity index (χ3n) is 3.30. The Morgan fingerprint density at radius 1 is 1.22 bits per heavy atom. The van der Waals surface area contributed by atoms with Gasteiger partial charge in [-0.2, -0.15) is 0 Å². The molecule has 0 saturated carbocycles. The Kier molecular flexibility index (Phi) is 5.79. The van der Waals surface area contributed by atoms with Gasteiger partial charge in [0.1, 0.15) is 0 Å². The van der Waals surface area contributed by atoms with E-state index in [1.165, 1.54) is 17.7 Å². The minimum Gasteiger partial charge on any atom is -0.305 e. The van der Waals surface area contributed by atoms with Crippen LogP contribution < -0.4 is 5.32 Å². The molecular formula is C14H26N2O2. The van der Waals surface area contributed by atoms with E-state index in [2.05, 4.69) is 19.2 Å². The molecule has 1 N–H and O–H groups in total. The van der Waals surface area contributed by atoms with Crippen LogP contribution in [0.2, 0.25) is 0 Å². The Morgan fingerprint density at radius 2 is 1.89 bits per heavy atom. The molecule has 2 amide bonds. The number of rotatable bonds is 7. The van der Waals surface area contributed by atoms with Gasteiger partial charge in [0, 0.05) is 6.04 Å². The summed E-state index contributed by atoms with van der Waals surface area (Å²) in [6, 6.07) is -0.323. The number of likely N-dealkylation sites (tertiary alicyclic amines) is 1. The first-order valence-electron chi connectivity index (χ1n) is 7.02. The number of hydrogen-bond donors (Lipinski definition) is 1. The van der Waals surface area contributed by atoms with E-state index in [4.69, 9.17) is 0 Å². The maximum atomic E-state index is 12.0. The normalized spacial score (nSPS) is 20.6. The smallest absolute Gasteiger partial charge is 0.247 e. The summed E-state index contributed by atoms with van der Waals surface area (Å²) >= 11 is 0. The second kappa shape index (κ2) is 6.88. The van der Waals surface area contributed by atoms with Crippen LogP contribution in [-0.2, 0) is 9.59 Å². The Balaban J connectivity index is 2.28. The summed E-state index contributed by atoms with van der Waals surface area (Å²) in [7, 11) is 0. The van der Waals surface area contributed by atoms with Gasteiger partial charge in [-0.25, -0.2) is 0 Å². The van der Waals surface area contributed by atoms with Crippen LogP contribution >= 0.6 is 0 Å². The monoisotopic (exact) mass is 254 g/mol. The molecule has 0 aromatic heterocycles. The van der Waals surface area contributed by atoms with Crippen molar-refractivity contribution in [1.82, 2.24) is 10.2 Å². The predicted octanol–water partition coefficient (Wildman–Crippen LogP) is 1.94. The molecule has 0 aromatic carbocycles. The van der Waals surface area contributed by atoms with Crippen molar-refractivity contribution >= 4 is 11.8 Å². The fourth-order valence-corrected chi connectivity index (χ4v) is 2.31. The molecular weight excluding hydrogens is 228 g/mol. The summed E-state index contributed by atoms with van der Waals surface area (Å²) in [6.45, 7) is 9.00. The van der Waals surface area contributed by atoms with Gasteiger partial charge in [0.2, 0.25) is 11.8 Å². The molecule has 104 valence electrons. The minimum atomic E-state index is -0.293. The van der Waals surface area contributed by atoms with Gasteiger partial charge >= 0.3 is 0 Å². The van der Waals surface area contributed by atoms with E-state index in [0.29, 0.717) is 6.42 Å². The van der Waals surface area contributed by atoms with Crippen LogP contribution in [-0.4, -0.2) is 35.3 Å². The highest BCUT2D eigenvalue weighted by atomic mass is 16.2. The first-order valence-corrected chi connectivity index (χ1v) is 7.02. The maximum absolute atomic E-state index is 12.0. The zero-order valence-corrected chi connectivity index (χ0v) is 12.0. The van der Waals surface area contributed by atoms with Crippen LogP contribution in [0.1, 0.15) is 53.4 Å². The number of hydrogen-bond acceptors (Lipinski definition) is 3. The lowest BCUT2D eigenvalue weighted by molar-refractivity contribution is -0.140. The zero-order chi connectivity index (χ0) is 13.7. The zero-order valence-electron chi connectivity index (χ0n) is 12.0. The lowest BCUT2D eigenvalue weighted by Crippen LogP contribution is -2.42. The Morgan fingerprint density at radius 3 is 2.39 bits per heavy atom. The molecule has 1 unspecified atom stereocenters. The van der Waals surface area contributed by atoms with Gasteiger partial charge in [0.15, 0.2) is 0 Å². The van der Waals surface area contributed by atoms with Crippen molar-refractivity contribution in [2.75, 3.05) is 6.54 Å². The van der Waals surface area contributed by atoms with Crippen molar-refractivity contribution in [2.45, 2.75) is 65.5 Å². The quantitative estimate of drug-likeness (QED) is 0.558. The lowest BCUT2D eigenvalue weighted by atomic mass is 10.1. The third kappa shape index (κ3) is 4.09. The molecule has 1 aliphatic rings. The fraction of sp³-hybridized carbons (Fsp3) is 0.857. The summed E-state index contributed by atoms with van der Waals surface area (Å²) in [6.07, 6.45) is 3.78. The first-order chi connectivity index (χ1) is 8.43. The van der Waals surface area contributed by atoms with E-state index >= 15 is 0 Å². The van der Waals surface area contributed by atoms with Gasteiger partial charge < -0.3 is 5.32 Å². The van der Waals surface area contributed by atoms with E-state index in [9.17, 15) is 9.59 Å². The Hall–Kier alpha value is -0.900. The van der Waals surface area contributed by atoms with Gasteiger partial charge in [0.05, 0.1) is 12.5 Å². The number of carbonyl (C=O) groups excluding carboxylic acids is 2. The lowest BCUT2D eigenvalue weighted by Gasteiger charge is -2.19. The van der Waals surface area contributed by atoms with Crippen LogP contribution in [0.5, 0.6) is 0 Å². The largest absolute Gasteiger partial charge is 0.305 e. The van der Waals surface area contributed by atoms with Crippen LogP contribution in [0.4, 0.5) is 0 Å². The second-order valence-corrected chi connectivity index (χ2v) is 5.80. The number of imide groups is 1. The van der Waals surface area contributed by atoms with E-state index in [0.717, 1.165) is 18.9 Å². The molecule has 4 heteroatoms. The SMILES string of the molecule is CC(C)CCCCNC1CC(=O)N(C(C)C)C1=O. The highest BCUT2D eigenvalue weighted by Crippen LogP contribution is 2.16. The molecule has 0 aromatic rings. The highest BCUT2D eigenvalue weighted by Gasteiger charge is 2.39. The highest BCUT2D eigenvalue weighted by molar-refractivity contribution is 6.05. The molecule has 0 aliphatic carbocycles. The standard InChI is InChI=1S/C14H26N2O2/c1-10(2)7-5-6-8-15-12-9-13(17)16(11(3)4)14(12)18/h10-12,15H,5-9H2,1-4H3. The summed E-state index contributed by atoms with van der Waals surface area (Å²) in [4.78, 5) is 25.0. The van der Waals surface area contributed by atoms with Crippen molar-refractivity contribution in [3.63, 3.8) is 0 Å². The molecule has 0 radical (unpaired) electrons. The van der Waals surface area contributed by atoms with Crippen LogP contribution in [0.3, 0.4) is 0 Å². The average molecular weight is 254 g/mol. The van der Waals surface area contributed by atoms with Crippen LogP contribution in [0.25, 0.3) is 0 Å². The van der Waals surface area contributed by atoms with Crippen molar-refractivity contribution in [3.05, 3.63) is 0 Å². The van der Waals surface area contributed by atoms with E-state index in [1.54, 1.807) is 0 Å². The number of nitrogens with one attached hydrogen (secondary N) is 1. The molecule has 1 rings (SSSR count). The van der Waals surface area contributed by atoms with Gasteiger partial charge in [-0.15, -0.1) is 0 Å². The van der Waals surface area contributed by atoms with Gasteiger partial charge in [0.25, 0.3) is 0 Å². The second-order valence-electron chi connectivity index (χ2n) is 5.80. The van der Waals surface area contributed by atoms with Crippen molar-refractivity contribution in [1.29, 1.82) is 0 Å². The number of amides is 2. The number of carbonyl (C=O) groups is 2. The van der Waals surface area contributed by atoms with E-state index in [1.807, 2.05) is 13.8 Å². The molecule has 0 bridgehead atoms. The van der Waals surface area contributed by atoms with E-state index < -0.39 is 0 Å². The average Bonchev–Trinajstić information content (AvgIpc) is 2.53. The van der Waals surface area contributed by atoms with Crippen LogP contribution in [0.15, 0.2) is 0 Å². The summed E-state index contributed by atoms with van der Waals surface area (Å²) in [5, 5.41) is 3.21.